The zero-order valence-electron chi connectivity index (χ0n) is 20.0. The van der Waals surface area contributed by atoms with E-state index in [4.69, 9.17) is 9.47 Å². The third kappa shape index (κ3) is 9.78. The van der Waals surface area contributed by atoms with Crippen LogP contribution in [0.2, 0.25) is 0 Å². The molecule has 0 bridgehead atoms. The average molecular weight is 486 g/mol. The van der Waals surface area contributed by atoms with Crippen molar-refractivity contribution in [3.63, 3.8) is 0 Å². The van der Waals surface area contributed by atoms with E-state index < -0.39 is 41.9 Å². The van der Waals surface area contributed by atoms with E-state index in [1.807, 2.05) is 0 Å². The number of benzene rings is 2. The molecule has 2 rings (SSSR count). The first-order valence-electron chi connectivity index (χ1n) is 10.5. The largest absolute Gasteiger partial charge is 1.00 e. The summed E-state index contributed by atoms with van der Waals surface area (Å²) in [5.41, 5.74) is -0.567. The van der Waals surface area contributed by atoms with Gasteiger partial charge in [-0.15, -0.1) is 13.2 Å². The highest BCUT2D eigenvalue weighted by Gasteiger charge is 2.33. The van der Waals surface area contributed by atoms with Gasteiger partial charge in [0.15, 0.2) is 0 Å². The molecule has 0 aliphatic heterocycles. The Balaban J connectivity index is 0.00000612. The van der Waals surface area contributed by atoms with Crippen LogP contribution in [-0.4, -0.2) is 43.2 Å². The number of rotatable bonds is 11. The van der Waals surface area contributed by atoms with Crippen LogP contribution < -0.4 is 10.1 Å². The number of hydrogen-bond donors (Lipinski definition) is 1. The highest BCUT2D eigenvalue weighted by Crippen LogP contribution is 2.24. The molecule has 2 aromatic carbocycles. The summed E-state index contributed by atoms with van der Waals surface area (Å²) >= 11 is 0. The molecule has 0 fully saturated rings. The molecule has 10 heteroatoms. The molecule has 0 unspecified atom stereocenters. The summed E-state index contributed by atoms with van der Waals surface area (Å²) in [6, 6.07) is 12.6. The molecule has 0 radical (unpaired) electrons. The molecule has 0 aromatic heterocycles. The van der Waals surface area contributed by atoms with E-state index in [0.717, 1.165) is 12.1 Å². The molecular formula is C24H28F4NO5+. The minimum atomic E-state index is -4.84. The lowest BCUT2D eigenvalue weighted by molar-refractivity contribution is -0.274. The van der Waals surface area contributed by atoms with Crippen molar-refractivity contribution in [1.82, 2.24) is 5.32 Å². The van der Waals surface area contributed by atoms with E-state index >= 15 is 0 Å². The summed E-state index contributed by atoms with van der Waals surface area (Å²) in [4.78, 5) is 25.4. The Morgan fingerprint density at radius 2 is 1.56 bits per heavy atom. The van der Waals surface area contributed by atoms with E-state index in [1.165, 1.54) is 33.0 Å². The topological polar surface area (TPSA) is 73.9 Å². The predicted octanol–water partition coefficient (Wildman–Crippen LogP) is 4.62. The molecule has 0 spiro atoms. The Morgan fingerprint density at radius 1 is 0.941 bits per heavy atom. The van der Waals surface area contributed by atoms with Crippen LogP contribution in [0.3, 0.4) is 0 Å². The zero-order chi connectivity index (χ0) is 25.4. The number of hydrogen-bond acceptors (Lipinski definition) is 6. The lowest BCUT2D eigenvalue weighted by atomic mass is 10.0. The van der Waals surface area contributed by atoms with E-state index in [2.05, 4.69) is 10.1 Å². The highest BCUT2D eigenvalue weighted by atomic mass is 19.4. The van der Waals surface area contributed by atoms with Gasteiger partial charge in [-0.25, -0.2) is 9.18 Å². The summed E-state index contributed by atoms with van der Waals surface area (Å²) in [6.45, 7) is 2.54. The Bertz CT molecular complexity index is 934. The zero-order valence-corrected chi connectivity index (χ0v) is 19.0. The Kier molecular flexibility index (Phi) is 9.43. The summed E-state index contributed by atoms with van der Waals surface area (Å²) < 4.78 is 65.7. The molecule has 6 nitrogen and oxygen atoms in total. The van der Waals surface area contributed by atoms with Gasteiger partial charge in [0.1, 0.15) is 24.1 Å². The quantitative estimate of drug-likeness (QED) is 0.369. The van der Waals surface area contributed by atoms with Crippen molar-refractivity contribution >= 4 is 11.9 Å². The average Bonchev–Trinajstić information content (AvgIpc) is 2.75. The van der Waals surface area contributed by atoms with Crippen molar-refractivity contribution in [2.75, 3.05) is 7.05 Å². The maximum atomic E-state index is 14.1. The van der Waals surface area contributed by atoms with E-state index in [0.29, 0.717) is 11.1 Å². The Labute approximate surface area is 196 Å². The third-order valence-electron chi connectivity index (χ3n) is 4.65. The smallest absolute Gasteiger partial charge is 0.458 e. The normalized spacial score (nSPS) is 13.6. The van der Waals surface area contributed by atoms with Crippen LogP contribution >= 0.6 is 0 Å². The first-order chi connectivity index (χ1) is 15.9. The minimum Gasteiger partial charge on any atom is -0.458 e. The van der Waals surface area contributed by atoms with Gasteiger partial charge in [-0.3, -0.25) is 4.79 Å². The lowest BCUT2D eigenvalue weighted by Gasteiger charge is -2.24. The Hall–Kier alpha value is -3.14. The van der Waals surface area contributed by atoms with Crippen LogP contribution in [0.4, 0.5) is 17.6 Å². The van der Waals surface area contributed by atoms with Gasteiger partial charge in [0, 0.05) is 12.8 Å². The second-order valence-corrected chi connectivity index (χ2v) is 8.18. The van der Waals surface area contributed by atoms with Crippen molar-refractivity contribution in [1.29, 1.82) is 0 Å². The van der Waals surface area contributed by atoms with Crippen molar-refractivity contribution in [2.45, 2.75) is 57.5 Å². The first kappa shape index (κ1) is 27.1. The Morgan fingerprint density at radius 3 is 2.09 bits per heavy atom. The molecule has 186 valence electrons. The van der Waals surface area contributed by atoms with Crippen molar-refractivity contribution in [3.05, 3.63) is 65.7 Å². The van der Waals surface area contributed by atoms with Crippen LogP contribution in [0.5, 0.6) is 5.75 Å². The molecule has 0 amide bonds. The number of carbonyl (C=O) groups is 2. The second kappa shape index (κ2) is 11.8. The molecular weight excluding hydrogens is 458 g/mol. The first-order valence-corrected chi connectivity index (χ1v) is 10.5. The fourth-order valence-corrected chi connectivity index (χ4v) is 3.05. The number of esters is 2. The SMILES string of the molecule is CN[C@@H](CC(C)(C)F)C(=O)O[C@H](Cc1ccc(OC(F)(F)F)cc1)C(=O)OCc1ccccc1.[H+]. The van der Waals surface area contributed by atoms with Crippen LogP contribution in [0.1, 0.15) is 32.8 Å². The van der Waals surface area contributed by atoms with Gasteiger partial charge in [0.2, 0.25) is 6.10 Å². The van der Waals surface area contributed by atoms with Gasteiger partial charge in [-0.1, -0.05) is 42.5 Å². The molecule has 34 heavy (non-hydrogen) atoms. The van der Waals surface area contributed by atoms with Gasteiger partial charge in [0.05, 0.1) is 0 Å². The van der Waals surface area contributed by atoms with Crippen LogP contribution in [0, 0.1) is 0 Å². The summed E-state index contributed by atoms with van der Waals surface area (Å²) in [5.74, 6) is -2.13. The fourth-order valence-electron chi connectivity index (χ4n) is 3.05. The van der Waals surface area contributed by atoms with E-state index in [-0.39, 0.29) is 20.9 Å². The number of nitrogens with one attached hydrogen (secondary N) is 1. The second-order valence-electron chi connectivity index (χ2n) is 8.18. The number of likely N-dealkylation sites (N-methyl/N-ethyl adjacent to an activating group) is 1. The van der Waals surface area contributed by atoms with Gasteiger partial charge >= 0.3 is 19.7 Å². The molecule has 0 aliphatic carbocycles. The van der Waals surface area contributed by atoms with Crippen molar-refractivity contribution in [2.24, 2.45) is 0 Å². The molecule has 2 aromatic rings. The highest BCUT2D eigenvalue weighted by molar-refractivity contribution is 5.82. The van der Waals surface area contributed by atoms with Gasteiger partial charge < -0.3 is 19.5 Å². The maximum Gasteiger partial charge on any atom is 1.00 e. The molecule has 2 atom stereocenters. The predicted molar refractivity (Wildman–Crippen MR) is 117 cm³/mol. The molecule has 0 aliphatic rings. The van der Waals surface area contributed by atoms with Crippen LogP contribution in [-0.2, 0) is 32.1 Å². The monoisotopic (exact) mass is 486 g/mol. The lowest BCUT2D eigenvalue weighted by Crippen LogP contribution is -2.43. The van der Waals surface area contributed by atoms with Crippen LogP contribution in [0.15, 0.2) is 54.6 Å². The molecule has 0 heterocycles. The maximum absolute atomic E-state index is 14.1. The van der Waals surface area contributed by atoms with Gasteiger partial charge in [0.25, 0.3) is 0 Å². The van der Waals surface area contributed by atoms with Gasteiger partial charge in [-0.2, -0.15) is 0 Å². The molecule has 1 N–H and O–H groups in total. The number of halogens is 4. The number of ether oxygens (including phenoxy) is 3. The van der Waals surface area contributed by atoms with E-state index in [1.54, 1.807) is 30.3 Å². The molecule has 0 saturated heterocycles. The summed E-state index contributed by atoms with van der Waals surface area (Å²) in [5, 5.41) is 2.66. The van der Waals surface area contributed by atoms with Gasteiger partial charge in [-0.05, 0) is 44.2 Å². The number of carbonyl (C=O) groups excluding carboxylic acids is 2. The molecule has 0 saturated carbocycles. The van der Waals surface area contributed by atoms with Crippen LogP contribution in [0.25, 0.3) is 0 Å². The van der Waals surface area contributed by atoms with E-state index in [9.17, 15) is 27.2 Å². The fraction of sp³-hybridized carbons (Fsp3) is 0.417. The summed E-state index contributed by atoms with van der Waals surface area (Å²) in [7, 11) is 1.46. The number of alkyl halides is 4. The van der Waals surface area contributed by atoms with Crippen molar-refractivity contribution < 1.29 is 42.8 Å². The third-order valence-corrected chi connectivity index (χ3v) is 4.65. The standard InChI is InChI=1S/C24H27F4NO5/c1-23(2,25)14-19(29-3)21(30)33-20(22(31)32-15-17-7-5-4-6-8-17)13-16-9-11-18(12-10-16)34-24(26,27)28/h4-12,19-20,29H,13-15H2,1-3H3/p+1/t19-,20+/m0/s1. The summed E-state index contributed by atoms with van der Waals surface area (Å²) in [6.07, 6.45) is -6.60. The minimum absolute atomic E-state index is 0. The van der Waals surface area contributed by atoms with Crippen molar-refractivity contribution in [3.8, 4) is 5.75 Å².